The van der Waals surface area contributed by atoms with Crippen LogP contribution in [0.1, 0.15) is 109 Å². The van der Waals surface area contributed by atoms with Gasteiger partial charge in [0.05, 0.1) is 24.3 Å². The number of rotatable bonds is 6. The highest BCUT2D eigenvalue weighted by molar-refractivity contribution is 5.63. The average molecular weight is 474 g/mol. The molecule has 0 atom stereocenters. The minimum atomic E-state index is -0.00228. The normalized spacial score (nSPS) is 11.7. The van der Waals surface area contributed by atoms with Gasteiger partial charge >= 0.3 is 0 Å². The molecule has 0 radical (unpaired) electrons. The van der Waals surface area contributed by atoms with Crippen LogP contribution in [0.15, 0.2) is 24.3 Å². The van der Waals surface area contributed by atoms with E-state index in [4.69, 9.17) is 21.6 Å². The fourth-order valence-corrected chi connectivity index (χ4v) is 3.46. The summed E-state index contributed by atoms with van der Waals surface area (Å²) in [6.45, 7) is 22.5. The third kappa shape index (κ3) is 8.29. The molecule has 0 fully saturated rings. The van der Waals surface area contributed by atoms with Crippen LogP contribution in [0.25, 0.3) is 0 Å². The first-order chi connectivity index (χ1) is 16.1. The summed E-state index contributed by atoms with van der Waals surface area (Å²) in [7, 11) is 0. The summed E-state index contributed by atoms with van der Waals surface area (Å²) in [5.74, 6) is 11.4. The molecule has 2 N–H and O–H groups in total. The van der Waals surface area contributed by atoms with Gasteiger partial charge in [-0.05, 0) is 45.9 Å². The molecule has 3 heteroatoms. The van der Waals surface area contributed by atoms with Gasteiger partial charge < -0.3 is 15.2 Å². The lowest BCUT2D eigenvalue weighted by molar-refractivity contribution is 0.192. The van der Waals surface area contributed by atoms with E-state index in [1.807, 2.05) is 12.1 Å². The minimum absolute atomic E-state index is 0.00228. The minimum Gasteiger partial charge on any atom is -0.492 e. The number of hydrogen-bond acceptors (Lipinski definition) is 3. The van der Waals surface area contributed by atoms with Crippen LogP contribution in [0.3, 0.4) is 0 Å². The van der Waals surface area contributed by atoms with Gasteiger partial charge in [-0.15, -0.1) is 6.42 Å². The molecule has 0 spiro atoms. The molecule has 3 nitrogen and oxygen atoms in total. The van der Waals surface area contributed by atoms with E-state index in [-0.39, 0.29) is 10.8 Å². The highest BCUT2D eigenvalue weighted by Crippen LogP contribution is 2.33. The van der Waals surface area contributed by atoms with Gasteiger partial charge in [0.1, 0.15) is 11.5 Å². The van der Waals surface area contributed by atoms with Gasteiger partial charge in [0.25, 0.3) is 0 Å². The third-order valence-corrected chi connectivity index (χ3v) is 5.39. The molecule has 0 bridgehead atoms. The van der Waals surface area contributed by atoms with Gasteiger partial charge in [0, 0.05) is 23.4 Å². The molecule has 2 rings (SSSR count). The Morgan fingerprint density at radius 3 is 1.57 bits per heavy atom. The zero-order valence-corrected chi connectivity index (χ0v) is 23.3. The van der Waals surface area contributed by atoms with Crippen LogP contribution in [0.4, 0.5) is 5.69 Å². The van der Waals surface area contributed by atoms with Crippen molar-refractivity contribution in [2.75, 3.05) is 18.9 Å². The monoisotopic (exact) mass is 473 g/mol. The summed E-state index contributed by atoms with van der Waals surface area (Å²) in [5.41, 5.74) is 12.0. The van der Waals surface area contributed by atoms with E-state index in [2.05, 4.69) is 99.1 Å². The number of anilines is 1. The Kier molecular flexibility index (Phi) is 8.97. The van der Waals surface area contributed by atoms with Crippen LogP contribution in [-0.4, -0.2) is 13.2 Å². The van der Waals surface area contributed by atoms with Crippen molar-refractivity contribution in [2.45, 2.75) is 81.1 Å². The van der Waals surface area contributed by atoms with Crippen molar-refractivity contribution in [2.24, 2.45) is 10.8 Å². The number of terminal acetylenes is 1. The Bertz CT molecular complexity index is 1110. The first-order valence-corrected chi connectivity index (χ1v) is 12.5. The van der Waals surface area contributed by atoms with Crippen LogP contribution >= 0.6 is 0 Å². The molecule has 35 heavy (non-hydrogen) atoms. The van der Waals surface area contributed by atoms with Crippen molar-refractivity contribution < 1.29 is 9.47 Å². The Hall–Kier alpha value is -3.04. The van der Waals surface area contributed by atoms with Crippen LogP contribution in [0.2, 0.25) is 0 Å². The Labute approximate surface area is 213 Å². The van der Waals surface area contributed by atoms with Crippen LogP contribution in [-0.2, 0) is 0 Å². The predicted octanol–water partition coefficient (Wildman–Crippen LogP) is 7.75. The fraction of sp³-hybridized carbons (Fsp3) is 0.500. The van der Waals surface area contributed by atoms with Crippen molar-refractivity contribution in [1.82, 2.24) is 0 Å². The molecule has 2 aromatic carbocycles. The molecule has 0 saturated carbocycles. The van der Waals surface area contributed by atoms with Crippen LogP contribution in [0.5, 0.6) is 11.5 Å². The topological polar surface area (TPSA) is 44.5 Å². The van der Waals surface area contributed by atoms with Gasteiger partial charge in [-0.25, -0.2) is 0 Å². The van der Waals surface area contributed by atoms with Crippen molar-refractivity contribution >= 4 is 5.69 Å². The Morgan fingerprint density at radius 1 is 0.743 bits per heavy atom. The van der Waals surface area contributed by atoms with Crippen molar-refractivity contribution in [1.29, 1.82) is 0 Å². The van der Waals surface area contributed by atoms with Crippen molar-refractivity contribution in [3.63, 3.8) is 0 Å². The summed E-state index contributed by atoms with van der Waals surface area (Å²) >= 11 is 0. The molecular weight excluding hydrogens is 430 g/mol. The quantitative estimate of drug-likeness (QED) is 0.344. The van der Waals surface area contributed by atoms with Gasteiger partial charge in [-0.2, -0.15) is 0 Å². The average Bonchev–Trinajstić information content (AvgIpc) is 2.74. The molecule has 0 aliphatic heterocycles. The molecule has 0 heterocycles. The third-order valence-electron chi connectivity index (χ3n) is 5.39. The fourth-order valence-electron chi connectivity index (χ4n) is 3.46. The first kappa shape index (κ1) is 28.2. The van der Waals surface area contributed by atoms with E-state index < -0.39 is 0 Å². The molecule has 188 valence electrons. The van der Waals surface area contributed by atoms with Gasteiger partial charge in [-0.1, -0.05) is 87.0 Å². The second-order valence-electron chi connectivity index (χ2n) is 12.3. The highest BCUT2D eigenvalue weighted by Gasteiger charge is 2.18. The smallest absolute Gasteiger partial charge is 0.136 e. The Balaban J connectivity index is 2.62. The maximum Gasteiger partial charge on any atom is 0.136 e. The molecule has 0 unspecified atom stereocenters. The second-order valence-corrected chi connectivity index (χ2v) is 12.3. The maximum absolute atomic E-state index is 6.48. The van der Waals surface area contributed by atoms with E-state index in [0.717, 1.165) is 27.9 Å². The predicted molar refractivity (Wildman–Crippen MR) is 149 cm³/mol. The van der Waals surface area contributed by atoms with Crippen LogP contribution in [0, 0.1) is 35.0 Å². The maximum atomic E-state index is 6.48. The number of nitrogens with two attached hydrogens (primary N) is 1. The summed E-state index contributed by atoms with van der Waals surface area (Å²) in [4.78, 5) is 0. The lowest BCUT2D eigenvalue weighted by Gasteiger charge is -2.22. The molecule has 0 aliphatic rings. The largest absolute Gasteiger partial charge is 0.492 e. The van der Waals surface area contributed by atoms with Gasteiger partial charge in [0.15, 0.2) is 0 Å². The highest BCUT2D eigenvalue weighted by atomic mass is 16.5. The lowest BCUT2D eigenvalue weighted by atomic mass is 9.90. The number of hydrogen-bond donors (Lipinski definition) is 1. The second kappa shape index (κ2) is 11.1. The van der Waals surface area contributed by atoms with E-state index in [1.165, 1.54) is 0 Å². The van der Waals surface area contributed by atoms with Gasteiger partial charge in [-0.3, -0.25) is 0 Å². The molecule has 2 aromatic rings. The molecule has 0 saturated heterocycles. The summed E-state index contributed by atoms with van der Waals surface area (Å²) in [6, 6.07) is 7.98. The molecule has 0 amide bonds. The number of benzene rings is 2. The SMILES string of the molecule is C#Cc1cc(OCC(C)(C)C)c(C#Cc2cc(C(C)C)c(N)c(C(C)C)c2)cc1OCC(C)(C)C. The van der Waals surface area contributed by atoms with E-state index in [9.17, 15) is 0 Å². The molecule has 0 aliphatic carbocycles. The molecular formula is C32H43NO2. The van der Waals surface area contributed by atoms with Crippen LogP contribution < -0.4 is 15.2 Å². The van der Waals surface area contributed by atoms with Gasteiger partial charge in [0.2, 0.25) is 0 Å². The first-order valence-electron chi connectivity index (χ1n) is 12.5. The van der Waals surface area contributed by atoms with E-state index in [0.29, 0.717) is 42.1 Å². The number of ether oxygens (including phenoxy) is 2. The number of nitrogen functional groups attached to an aromatic ring is 1. The van der Waals surface area contributed by atoms with Crippen molar-refractivity contribution in [3.05, 3.63) is 52.1 Å². The molecule has 0 aromatic heterocycles. The van der Waals surface area contributed by atoms with Crippen molar-refractivity contribution in [3.8, 4) is 35.7 Å². The van der Waals surface area contributed by atoms with E-state index >= 15 is 0 Å². The summed E-state index contributed by atoms with van der Waals surface area (Å²) in [6.07, 6.45) is 5.83. The Morgan fingerprint density at radius 2 is 1.17 bits per heavy atom. The summed E-state index contributed by atoms with van der Waals surface area (Å²) < 4.78 is 12.3. The summed E-state index contributed by atoms with van der Waals surface area (Å²) in [5, 5.41) is 0. The zero-order valence-electron chi connectivity index (χ0n) is 23.3. The lowest BCUT2D eigenvalue weighted by Crippen LogP contribution is -2.18. The standard InChI is InChI=1S/C32H43NO2/c1-12-24-17-29(35-20-32(9,10)11)25(18-28(24)34-19-31(6,7)8)14-13-23-15-26(21(2)3)30(33)27(16-23)22(4)5/h1,15-18,21-22H,19-20,33H2,2-11H3. The van der Waals surface area contributed by atoms with E-state index in [1.54, 1.807) is 0 Å². The zero-order chi connectivity index (χ0) is 26.6.